The summed E-state index contributed by atoms with van der Waals surface area (Å²) in [4.78, 5) is 22.5. The summed E-state index contributed by atoms with van der Waals surface area (Å²) < 4.78 is 33.3. The second kappa shape index (κ2) is 37.7. The number of aliphatic hydroxyl groups is 2. The van der Waals surface area contributed by atoms with Crippen LogP contribution >= 0.6 is 7.82 Å². The Morgan fingerprint density at radius 2 is 1.08 bits per heavy atom. The molecule has 0 bridgehead atoms. The topological polar surface area (TPSA) is 132 Å². The number of aliphatic hydroxyl groups excluding tert-OH is 2. The zero-order valence-corrected chi connectivity index (χ0v) is 33.0. The van der Waals surface area contributed by atoms with Crippen LogP contribution in [0.2, 0.25) is 0 Å². The molecule has 0 radical (unpaired) electrons. The largest absolute Gasteiger partial charge is 0.472 e. The molecule has 0 spiro atoms. The van der Waals surface area contributed by atoms with E-state index in [1.165, 1.54) is 103 Å². The van der Waals surface area contributed by atoms with Crippen molar-refractivity contribution < 1.29 is 43.0 Å². The molecule has 0 saturated carbocycles. The molecule has 0 amide bonds. The van der Waals surface area contributed by atoms with Gasteiger partial charge in [0.25, 0.3) is 0 Å². The van der Waals surface area contributed by atoms with Gasteiger partial charge in [0.1, 0.15) is 12.2 Å². The fraction of sp³-hybridized carbons (Fsp3) is 0.875. The van der Waals surface area contributed by atoms with Crippen LogP contribution in [0.5, 0.6) is 0 Å². The average Bonchev–Trinajstić information content (AvgIpc) is 3.10. The number of allylic oxidation sites excluding steroid dienone is 4. The standard InChI is InChI=1S/C40H77O9P/c1-3-5-7-9-11-13-15-17-19-20-22-24-26-28-30-32-40(43)49-39(37-48-50(44,45)47-35-38(42)34-41)36-46-33-31-29-27-25-23-21-18-16-14-12-10-8-6-4-2/h11,13,17,19,38-39,41-42H,3-10,12,14-16,18,20-37H2,1-2H3,(H,44,45)/b13-11-,19-17-/t38-,39+/m0/s1. The number of ether oxygens (including phenoxy) is 2. The molecule has 10 heteroatoms. The van der Waals surface area contributed by atoms with Crippen LogP contribution < -0.4 is 0 Å². The van der Waals surface area contributed by atoms with Crippen LogP contribution in [0.1, 0.15) is 181 Å². The van der Waals surface area contributed by atoms with E-state index in [1.807, 2.05) is 0 Å². The molecule has 296 valence electrons. The van der Waals surface area contributed by atoms with E-state index in [0.717, 1.165) is 51.4 Å². The molecule has 0 aliphatic heterocycles. The van der Waals surface area contributed by atoms with Crippen molar-refractivity contribution in [2.24, 2.45) is 0 Å². The average molecular weight is 733 g/mol. The minimum Gasteiger partial charge on any atom is -0.457 e. The third-order valence-electron chi connectivity index (χ3n) is 8.64. The van der Waals surface area contributed by atoms with Gasteiger partial charge in [0.05, 0.1) is 26.4 Å². The minimum absolute atomic E-state index is 0.0472. The molecule has 0 heterocycles. The Morgan fingerprint density at radius 1 is 0.620 bits per heavy atom. The van der Waals surface area contributed by atoms with Crippen LogP contribution in [-0.2, 0) is 27.9 Å². The monoisotopic (exact) mass is 733 g/mol. The van der Waals surface area contributed by atoms with Crippen LogP contribution in [0.25, 0.3) is 0 Å². The lowest BCUT2D eigenvalue weighted by Gasteiger charge is -2.20. The van der Waals surface area contributed by atoms with Crippen LogP contribution in [-0.4, -0.2) is 66.3 Å². The fourth-order valence-electron chi connectivity index (χ4n) is 5.50. The van der Waals surface area contributed by atoms with Crippen LogP contribution in [0.3, 0.4) is 0 Å². The molecule has 1 unspecified atom stereocenters. The van der Waals surface area contributed by atoms with E-state index < -0.39 is 39.2 Å². The lowest BCUT2D eigenvalue weighted by atomic mass is 10.0. The Labute approximate surface area is 306 Å². The SMILES string of the molecule is CCCCC/C=C\C/C=C\CCCCCCCC(=O)O[C@H](COCCCCCCCCCCCCCCCC)COP(=O)(O)OC[C@@H](O)CO. The molecule has 0 aromatic carbocycles. The molecule has 9 nitrogen and oxygen atoms in total. The maximum atomic E-state index is 12.6. The quantitative estimate of drug-likeness (QED) is 0.0244. The van der Waals surface area contributed by atoms with Crippen molar-refractivity contribution in [3.8, 4) is 0 Å². The molecule has 0 fully saturated rings. The Hall–Kier alpha value is -1.06. The molecule has 0 rings (SSSR count). The van der Waals surface area contributed by atoms with Gasteiger partial charge in [-0.05, 0) is 44.9 Å². The van der Waals surface area contributed by atoms with Crippen molar-refractivity contribution in [2.75, 3.05) is 33.0 Å². The molecule has 50 heavy (non-hydrogen) atoms. The van der Waals surface area contributed by atoms with Gasteiger partial charge in [0.15, 0.2) is 0 Å². The summed E-state index contributed by atoms with van der Waals surface area (Å²) in [6, 6.07) is 0. The molecule has 0 saturated heterocycles. The van der Waals surface area contributed by atoms with Gasteiger partial charge in [-0.3, -0.25) is 13.8 Å². The number of unbranched alkanes of at least 4 members (excludes halogenated alkanes) is 21. The fourth-order valence-corrected chi connectivity index (χ4v) is 6.29. The van der Waals surface area contributed by atoms with Crippen LogP contribution in [0.4, 0.5) is 0 Å². The molecular formula is C40H77O9P. The Kier molecular flexibility index (Phi) is 36.9. The summed E-state index contributed by atoms with van der Waals surface area (Å²) in [6.45, 7) is 3.49. The lowest BCUT2D eigenvalue weighted by molar-refractivity contribution is -0.154. The molecular weight excluding hydrogens is 655 g/mol. The first-order valence-electron chi connectivity index (χ1n) is 20.3. The summed E-state index contributed by atoms with van der Waals surface area (Å²) >= 11 is 0. The van der Waals surface area contributed by atoms with Crippen molar-refractivity contribution >= 4 is 13.8 Å². The van der Waals surface area contributed by atoms with E-state index in [1.54, 1.807) is 0 Å². The van der Waals surface area contributed by atoms with Gasteiger partial charge < -0.3 is 24.6 Å². The number of esters is 1. The summed E-state index contributed by atoms with van der Waals surface area (Å²) in [5.74, 6) is -0.395. The zero-order chi connectivity index (χ0) is 36.8. The van der Waals surface area contributed by atoms with Crippen LogP contribution in [0, 0.1) is 0 Å². The molecule has 0 aliphatic rings. The van der Waals surface area contributed by atoms with Crippen molar-refractivity contribution in [1.29, 1.82) is 0 Å². The highest BCUT2D eigenvalue weighted by Crippen LogP contribution is 2.43. The predicted molar refractivity (Wildman–Crippen MR) is 205 cm³/mol. The van der Waals surface area contributed by atoms with Crippen molar-refractivity contribution in [2.45, 2.75) is 193 Å². The van der Waals surface area contributed by atoms with Crippen LogP contribution in [0.15, 0.2) is 24.3 Å². The number of phosphoric acid groups is 1. The highest BCUT2D eigenvalue weighted by Gasteiger charge is 2.26. The Morgan fingerprint density at radius 3 is 1.64 bits per heavy atom. The maximum absolute atomic E-state index is 12.6. The first-order valence-corrected chi connectivity index (χ1v) is 21.8. The molecule has 3 atom stereocenters. The maximum Gasteiger partial charge on any atom is 0.472 e. The summed E-state index contributed by atoms with van der Waals surface area (Å²) in [5, 5.41) is 18.3. The predicted octanol–water partition coefficient (Wildman–Crippen LogP) is 10.7. The van der Waals surface area contributed by atoms with Crippen molar-refractivity contribution in [3.63, 3.8) is 0 Å². The third-order valence-corrected chi connectivity index (χ3v) is 9.59. The number of phosphoric ester groups is 1. The first kappa shape index (κ1) is 48.9. The number of hydrogen-bond donors (Lipinski definition) is 3. The van der Waals surface area contributed by atoms with Gasteiger partial charge in [-0.25, -0.2) is 4.57 Å². The Balaban J connectivity index is 4.22. The second-order valence-corrected chi connectivity index (χ2v) is 15.1. The zero-order valence-electron chi connectivity index (χ0n) is 32.1. The van der Waals surface area contributed by atoms with E-state index in [-0.39, 0.29) is 19.6 Å². The highest BCUT2D eigenvalue weighted by molar-refractivity contribution is 7.47. The van der Waals surface area contributed by atoms with Gasteiger partial charge in [-0.1, -0.05) is 154 Å². The Bertz CT molecular complexity index is 836. The first-order chi connectivity index (χ1) is 24.3. The molecule has 0 aromatic heterocycles. The number of hydrogen-bond acceptors (Lipinski definition) is 8. The second-order valence-electron chi connectivity index (χ2n) is 13.7. The highest BCUT2D eigenvalue weighted by atomic mass is 31.2. The third kappa shape index (κ3) is 36.7. The van der Waals surface area contributed by atoms with Gasteiger partial charge in [-0.2, -0.15) is 0 Å². The van der Waals surface area contributed by atoms with Gasteiger partial charge in [0, 0.05) is 13.0 Å². The van der Waals surface area contributed by atoms with E-state index in [2.05, 4.69) is 38.2 Å². The molecule has 0 aromatic rings. The van der Waals surface area contributed by atoms with Gasteiger partial charge in [0.2, 0.25) is 0 Å². The number of rotatable bonds is 39. The van der Waals surface area contributed by atoms with E-state index in [9.17, 15) is 19.4 Å². The summed E-state index contributed by atoms with van der Waals surface area (Å²) in [6.07, 6.45) is 37.0. The van der Waals surface area contributed by atoms with E-state index in [4.69, 9.17) is 23.6 Å². The molecule has 0 aliphatic carbocycles. The van der Waals surface area contributed by atoms with Crippen molar-refractivity contribution in [3.05, 3.63) is 24.3 Å². The van der Waals surface area contributed by atoms with E-state index in [0.29, 0.717) is 13.0 Å². The van der Waals surface area contributed by atoms with Crippen molar-refractivity contribution in [1.82, 2.24) is 0 Å². The molecule has 3 N–H and O–H groups in total. The number of carbonyl (C=O) groups is 1. The van der Waals surface area contributed by atoms with E-state index >= 15 is 0 Å². The lowest BCUT2D eigenvalue weighted by Crippen LogP contribution is -2.29. The normalized spacial score (nSPS) is 14.4. The van der Waals surface area contributed by atoms with Gasteiger partial charge >= 0.3 is 13.8 Å². The smallest absolute Gasteiger partial charge is 0.457 e. The minimum atomic E-state index is -4.51. The summed E-state index contributed by atoms with van der Waals surface area (Å²) in [5.41, 5.74) is 0. The number of carbonyl (C=O) groups excluding carboxylic acids is 1. The van der Waals surface area contributed by atoms with Gasteiger partial charge in [-0.15, -0.1) is 0 Å². The summed E-state index contributed by atoms with van der Waals surface area (Å²) in [7, 11) is -4.51.